The van der Waals surface area contributed by atoms with E-state index in [4.69, 9.17) is 5.14 Å². The normalized spacial score (nSPS) is 12.0. The Morgan fingerprint density at radius 3 is 2.40 bits per heavy atom. The van der Waals surface area contributed by atoms with Crippen LogP contribution in [0.5, 0.6) is 5.88 Å². The standard InChI is InChI=1S/C21H18N5O3S/c22-30(28,29)17-8-6-16(7-9-17)25-26-20-19-15(2-1-3-18(19)24-21(20)27)5-4-14-10-12-23-13-11-14/h1-3,6-13,22,24,27H,4-5H2. The summed E-state index contributed by atoms with van der Waals surface area (Å²) < 4.78 is 22.5. The molecular weight excluding hydrogens is 402 g/mol. The van der Waals surface area contributed by atoms with E-state index in [0.29, 0.717) is 11.4 Å². The number of aromatic hydroxyl groups is 1. The largest absolute Gasteiger partial charge is 0.493 e. The highest BCUT2D eigenvalue weighted by Gasteiger charge is 2.14. The van der Waals surface area contributed by atoms with Crippen LogP contribution >= 0.6 is 0 Å². The molecule has 0 unspecified atom stereocenters. The zero-order valence-corrected chi connectivity index (χ0v) is 16.6. The zero-order chi connectivity index (χ0) is 21.1. The van der Waals surface area contributed by atoms with Gasteiger partial charge >= 0.3 is 0 Å². The van der Waals surface area contributed by atoms with Gasteiger partial charge in [-0.3, -0.25) is 4.98 Å². The molecule has 0 aliphatic rings. The third-order valence-corrected chi connectivity index (χ3v) is 5.60. The molecule has 0 aliphatic carbocycles. The van der Waals surface area contributed by atoms with Gasteiger partial charge in [-0.2, -0.15) is 5.11 Å². The van der Waals surface area contributed by atoms with Crippen molar-refractivity contribution in [1.29, 1.82) is 0 Å². The maximum atomic E-state index is 11.3. The summed E-state index contributed by atoms with van der Waals surface area (Å²) in [5.74, 6) is -0.0875. The Kier molecular flexibility index (Phi) is 5.30. The van der Waals surface area contributed by atoms with Crippen LogP contribution < -0.4 is 5.14 Å². The first-order chi connectivity index (χ1) is 14.4. The van der Waals surface area contributed by atoms with Gasteiger partial charge in [0, 0.05) is 17.8 Å². The Balaban J connectivity index is 1.65. The van der Waals surface area contributed by atoms with Crippen molar-refractivity contribution < 1.29 is 13.5 Å². The molecule has 0 saturated heterocycles. The lowest BCUT2D eigenvalue weighted by Gasteiger charge is -2.05. The van der Waals surface area contributed by atoms with Gasteiger partial charge in [0.05, 0.1) is 16.1 Å². The van der Waals surface area contributed by atoms with Crippen molar-refractivity contribution >= 4 is 32.3 Å². The Morgan fingerprint density at radius 1 is 0.967 bits per heavy atom. The number of sulfonamides is 1. The van der Waals surface area contributed by atoms with E-state index in [-0.39, 0.29) is 10.8 Å². The molecule has 0 amide bonds. The molecule has 4 aromatic rings. The van der Waals surface area contributed by atoms with E-state index in [1.807, 2.05) is 30.3 Å². The van der Waals surface area contributed by atoms with Crippen LogP contribution in [0.25, 0.3) is 10.9 Å². The third kappa shape index (κ3) is 4.22. The maximum absolute atomic E-state index is 11.3. The molecule has 0 saturated carbocycles. The molecule has 8 nitrogen and oxygen atoms in total. The Labute approximate surface area is 173 Å². The highest BCUT2D eigenvalue weighted by Crippen LogP contribution is 2.38. The number of nitrogens with zero attached hydrogens (tertiary/aromatic N) is 3. The summed E-state index contributed by atoms with van der Waals surface area (Å²) in [7, 11) is -4.02. The van der Waals surface area contributed by atoms with Crippen LogP contribution in [-0.4, -0.2) is 23.5 Å². The number of rotatable bonds is 6. The molecule has 9 heteroatoms. The first-order valence-corrected chi connectivity index (χ1v) is 10.6. The summed E-state index contributed by atoms with van der Waals surface area (Å²) in [4.78, 5) is 6.83. The summed E-state index contributed by atoms with van der Waals surface area (Å²) >= 11 is 0. The highest BCUT2D eigenvalue weighted by atomic mass is 32.2. The van der Waals surface area contributed by atoms with E-state index in [9.17, 15) is 13.5 Å². The van der Waals surface area contributed by atoms with Crippen LogP contribution in [0, 0.1) is 0 Å². The lowest BCUT2D eigenvalue weighted by Crippen LogP contribution is -1.99. The van der Waals surface area contributed by atoms with E-state index in [1.165, 1.54) is 24.3 Å². The number of pyridine rings is 1. The summed E-state index contributed by atoms with van der Waals surface area (Å²) in [6, 6.07) is 15.2. The highest BCUT2D eigenvalue weighted by molar-refractivity contribution is 7.88. The van der Waals surface area contributed by atoms with Crippen molar-refractivity contribution in [3.63, 3.8) is 0 Å². The van der Waals surface area contributed by atoms with Crippen LogP contribution in [0.1, 0.15) is 11.1 Å². The van der Waals surface area contributed by atoms with Gasteiger partial charge in [-0.15, -0.1) is 10.3 Å². The van der Waals surface area contributed by atoms with Gasteiger partial charge in [-0.05, 0) is 66.4 Å². The van der Waals surface area contributed by atoms with E-state index < -0.39 is 10.0 Å². The number of H-pyrrole nitrogens is 1. The topological polar surface area (TPSA) is 132 Å². The first-order valence-electron chi connectivity index (χ1n) is 9.15. The van der Waals surface area contributed by atoms with Crippen molar-refractivity contribution in [1.82, 2.24) is 15.1 Å². The second-order valence-electron chi connectivity index (χ2n) is 6.71. The van der Waals surface area contributed by atoms with Gasteiger partial charge in [0.2, 0.25) is 5.88 Å². The van der Waals surface area contributed by atoms with Crippen LogP contribution in [-0.2, 0) is 22.9 Å². The van der Waals surface area contributed by atoms with Gasteiger partial charge in [0.25, 0.3) is 10.0 Å². The molecule has 2 heterocycles. The summed E-state index contributed by atoms with van der Waals surface area (Å²) in [5, 5.41) is 26.6. The van der Waals surface area contributed by atoms with Crippen molar-refractivity contribution in [3.8, 4) is 5.88 Å². The number of nitrogens with one attached hydrogen (secondary N) is 2. The summed E-state index contributed by atoms with van der Waals surface area (Å²) in [6.07, 6.45) is 5.08. The SMILES string of the molecule is [NH]S(=O)(=O)c1ccc(N=Nc2c(O)[nH]c3cccc(CCc4ccncc4)c23)cc1. The molecule has 0 fully saturated rings. The van der Waals surface area contributed by atoms with Gasteiger partial charge in [0.1, 0.15) is 0 Å². The van der Waals surface area contributed by atoms with Gasteiger partial charge in [-0.25, -0.2) is 8.42 Å². The molecule has 0 bridgehead atoms. The molecule has 4 rings (SSSR count). The predicted octanol–water partition coefficient (Wildman–Crippen LogP) is 4.44. The van der Waals surface area contributed by atoms with Crippen molar-refractivity contribution in [2.75, 3.05) is 0 Å². The van der Waals surface area contributed by atoms with Crippen LogP contribution in [0.3, 0.4) is 0 Å². The average molecular weight is 420 g/mol. The Morgan fingerprint density at radius 2 is 1.70 bits per heavy atom. The number of fused-ring (bicyclic) bond motifs is 1. The monoisotopic (exact) mass is 420 g/mol. The summed E-state index contributed by atoms with van der Waals surface area (Å²) in [5.41, 5.74) is 3.67. The second-order valence-corrected chi connectivity index (χ2v) is 8.19. The fraction of sp³-hybridized carbons (Fsp3) is 0.0952. The van der Waals surface area contributed by atoms with Crippen molar-refractivity contribution in [2.24, 2.45) is 10.2 Å². The molecule has 0 atom stereocenters. The zero-order valence-electron chi connectivity index (χ0n) is 15.8. The average Bonchev–Trinajstić information content (AvgIpc) is 3.06. The number of aryl methyl sites for hydroxylation is 2. The minimum absolute atomic E-state index is 0.0875. The molecule has 2 aromatic heterocycles. The van der Waals surface area contributed by atoms with E-state index in [0.717, 1.165) is 34.9 Å². The van der Waals surface area contributed by atoms with E-state index >= 15 is 0 Å². The molecular formula is C21H18N5O3S. The van der Waals surface area contributed by atoms with Crippen LogP contribution in [0.4, 0.5) is 11.4 Å². The Hall–Kier alpha value is -3.56. The Bertz CT molecular complexity index is 1310. The number of hydrogen-bond donors (Lipinski definition) is 2. The molecule has 2 aromatic carbocycles. The molecule has 0 spiro atoms. The fourth-order valence-corrected chi connectivity index (χ4v) is 3.72. The quantitative estimate of drug-likeness (QED) is 0.446. The number of benzene rings is 2. The molecule has 151 valence electrons. The van der Waals surface area contributed by atoms with Gasteiger partial charge < -0.3 is 10.1 Å². The molecule has 30 heavy (non-hydrogen) atoms. The fourth-order valence-electron chi connectivity index (χ4n) is 3.22. The number of hydrogen-bond acceptors (Lipinski definition) is 6. The van der Waals surface area contributed by atoms with E-state index in [1.54, 1.807) is 12.4 Å². The van der Waals surface area contributed by atoms with Crippen LogP contribution in [0.2, 0.25) is 0 Å². The number of azo groups is 1. The lowest BCUT2D eigenvalue weighted by molar-refractivity contribution is 0.459. The third-order valence-electron chi connectivity index (χ3n) is 4.71. The molecule has 3 N–H and O–H groups in total. The van der Waals surface area contributed by atoms with Crippen molar-refractivity contribution in [2.45, 2.75) is 17.7 Å². The molecule has 0 aliphatic heterocycles. The molecule has 1 radical (unpaired) electrons. The first kappa shape index (κ1) is 19.7. The second kappa shape index (κ2) is 8.05. The van der Waals surface area contributed by atoms with Gasteiger partial charge in [0.15, 0.2) is 5.69 Å². The van der Waals surface area contributed by atoms with E-state index in [2.05, 4.69) is 20.2 Å². The maximum Gasteiger partial charge on any atom is 0.254 e. The number of aromatic amines is 1. The predicted molar refractivity (Wildman–Crippen MR) is 113 cm³/mol. The van der Waals surface area contributed by atoms with Gasteiger partial charge in [-0.1, -0.05) is 12.1 Å². The smallest absolute Gasteiger partial charge is 0.254 e. The van der Waals surface area contributed by atoms with Crippen LogP contribution in [0.15, 0.2) is 82.1 Å². The van der Waals surface area contributed by atoms with Crippen molar-refractivity contribution in [3.05, 3.63) is 78.1 Å². The lowest BCUT2D eigenvalue weighted by atomic mass is 10.0. The summed E-state index contributed by atoms with van der Waals surface area (Å²) in [6.45, 7) is 0. The minimum Gasteiger partial charge on any atom is -0.493 e. The minimum atomic E-state index is -4.02. The number of aromatic nitrogens is 2.